The Morgan fingerprint density at radius 2 is 1.96 bits per heavy atom. The number of carbonyl (C=O) groups is 1. The maximum Gasteiger partial charge on any atom is 0.270 e. The summed E-state index contributed by atoms with van der Waals surface area (Å²) in [5, 5.41) is 8.83. The van der Waals surface area contributed by atoms with Crippen LogP contribution in [0.2, 0.25) is 0 Å². The SMILES string of the molecule is COc1cccc(C(=O)Nc2ccsc2-c2nc(-c3ccc(C)cc3)no2)c1. The molecule has 2 heterocycles. The lowest BCUT2D eigenvalue weighted by Gasteiger charge is -2.06. The molecule has 1 amide bonds. The van der Waals surface area contributed by atoms with Crippen molar-refractivity contribution in [3.8, 4) is 27.9 Å². The van der Waals surface area contributed by atoms with E-state index in [2.05, 4.69) is 15.5 Å². The topological polar surface area (TPSA) is 77.2 Å². The number of benzene rings is 2. The third-order valence-corrected chi connectivity index (χ3v) is 5.08. The van der Waals surface area contributed by atoms with E-state index in [9.17, 15) is 4.79 Å². The zero-order valence-electron chi connectivity index (χ0n) is 15.3. The molecule has 7 heteroatoms. The van der Waals surface area contributed by atoms with Crippen LogP contribution < -0.4 is 10.1 Å². The smallest absolute Gasteiger partial charge is 0.270 e. The second-order valence-corrected chi connectivity index (χ2v) is 7.05. The molecule has 0 saturated carbocycles. The Hall–Kier alpha value is -3.45. The van der Waals surface area contributed by atoms with Crippen molar-refractivity contribution in [3.63, 3.8) is 0 Å². The molecule has 6 nitrogen and oxygen atoms in total. The highest BCUT2D eigenvalue weighted by atomic mass is 32.1. The van der Waals surface area contributed by atoms with Crippen LogP contribution >= 0.6 is 11.3 Å². The number of nitrogens with zero attached hydrogens (tertiary/aromatic N) is 2. The second-order valence-electron chi connectivity index (χ2n) is 6.14. The third kappa shape index (κ3) is 3.65. The van der Waals surface area contributed by atoms with Gasteiger partial charge in [-0.25, -0.2) is 0 Å². The van der Waals surface area contributed by atoms with E-state index in [0.717, 1.165) is 11.1 Å². The van der Waals surface area contributed by atoms with Gasteiger partial charge < -0.3 is 14.6 Å². The van der Waals surface area contributed by atoms with Crippen LogP contribution in [0.4, 0.5) is 5.69 Å². The molecule has 0 fully saturated rings. The number of anilines is 1. The number of aryl methyl sites for hydroxylation is 1. The summed E-state index contributed by atoms with van der Waals surface area (Å²) in [6, 6.07) is 16.7. The predicted molar refractivity (Wildman–Crippen MR) is 109 cm³/mol. The first-order valence-electron chi connectivity index (χ1n) is 8.58. The largest absolute Gasteiger partial charge is 0.497 e. The maximum absolute atomic E-state index is 12.6. The van der Waals surface area contributed by atoms with Crippen LogP contribution in [0.1, 0.15) is 15.9 Å². The lowest BCUT2D eigenvalue weighted by molar-refractivity contribution is 0.102. The van der Waals surface area contributed by atoms with E-state index < -0.39 is 0 Å². The molecular weight excluding hydrogens is 374 g/mol. The standard InChI is InChI=1S/C21H17N3O3S/c1-13-6-8-14(9-7-13)19-23-21(27-24-19)18-17(10-11-28-18)22-20(25)15-4-3-5-16(12-15)26-2/h3-12H,1-2H3,(H,22,25). The summed E-state index contributed by atoms with van der Waals surface area (Å²) in [5.41, 5.74) is 3.16. The Bertz CT molecular complexity index is 1120. The molecule has 0 aliphatic carbocycles. The van der Waals surface area contributed by atoms with Crippen LogP contribution in [0.5, 0.6) is 5.75 Å². The van der Waals surface area contributed by atoms with Gasteiger partial charge in [-0.1, -0.05) is 41.1 Å². The number of carbonyl (C=O) groups excluding carboxylic acids is 1. The number of nitrogens with one attached hydrogen (secondary N) is 1. The fourth-order valence-electron chi connectivity index (χ4n) is 2.67. The average molecular weight is 391 g/mol. The molecule has 0 saturated heterocycles. The summed E-state index contributed by atoms with van der Waals surface area (Å²) in [6.07, 6.45) is 0. The van der Waals surface area contributed by atoms with E-state index in [1.54, 1.807) is 31.4 Å². The number of methoxy groups -OCH3 is 1. The summed E-state index contributed by atoms with van der Waals surface area (Å²) in [6.45, 7) is 2.02. The minimum atomic E-state index is -0.239. The molecule has 0 atom stereocenters. The summed E-state index contributed by atoms with van der Waals surface area (Å²) in [7, 11) is 1.56. The molecule has 0 aliphatic heterocycles. The van der Waals surface area contributed by atoms with Crippen LogP contribution in [0.3, 0.4) is 0 Å². The van der Waals surface area contributed by atoms with Crippen molar-refractivity contribution in [1.82, 2.24) is 10.1 Å². The number of ether oxygens (including phenoxy) is 1. The molecule has 2 aromatic heterocycles. The van der Waals surface area contributed by atoms with Crippen molar-refractivity contribution in [2.24, 2.45) is 0 Å². The van der Waals surface area contributed by atoms with Crippen LogP contribution in [0.25, 0.3) is 22.2 Å². The van der Waals surface area contributed by atoms with Crippen molar-refractivity contribution in [2.75, 3.05) is 12.4 Å². The van der Waals surface area contributed by atoms with Gasteiger partial charge >= 0.3 is 0 Å². The molecule has 0 radical (unpaired) electrons. The molecular formula is C21H17N3O3S. The number of aromatic nitrogens is 2. The van der Waals surface area contributed by atoms with Crippen LogP contribution in [0, 0.1) is 6.92 Å². The van der Waals surface area contributed by atoms with Gasteiger partial charge in [-0.2, -0.15) is 4.98 Å². The monoisotopic (exact) mass is 391 g/mol. The molecule has 0 unspecified atom stereocenters. The van der Waals surface area contributed by atoms with E-state index in [-0.39, 0.29) is 5.91 Å². The number of amides is 1. The van der Waals surface area contributed by atoms with Gasteiger partial charge in [-0.3, -0.25) is 4.79 Å². The van der Waals surface area contributed by atoms with Gasteiger partial charge in [-0.15, -0.1) is 11.3 Å². The molecule has 140 valence electrons. The summed E-state index contributed by atoms with van der Waals surface area (Å²) in [4.78, 5) is 17.8. The first-order chi connectivity index (χ1) is 13.6. The molecule has 1 N–H and O–H groups in total. The van der Waals surface area contributed by atoms with Crippen molar-refractivity contribution in [2.45, 2.75) is 6.92 Å². The molecule has 0 aliphatic rings. The third-order valence-electron chi connectivity index (χ3n) is 4.18. The van der Waals surface area contributed by atoms with Crippen molar-refractivity contribution >= 4 is 22.9 Å². The zero-order valence-corrected chi connectivity index (χ0v) is 16.1. The molecule has 28 heavy (non-hydrogen) atoms. The number of rotatable bonds is 5. The Kier molecular flexibility index (Phi) is 4.90. The summed E-state index contributed by atoms with van der Waals surface area (Å²) in [5.74, 6) is 1.26. The van der Waals surface area contributed by atoms with Crippen LogP contribution in [-0.2, 0) is 0 Å². The van der Waals surface area contributed by atoms with Gasteiger partial charge in [0.05, 0.1) is 12.8 Å². The Labute approximate surface area is 165 Å². The number of hydrogen-bond donors (Lipinski definition) is 1. The first kappa shape index (κ1) is 17.9. The lowest BCUT2D eigenvalue weighted by atomic mass is 10.1. The fraction of sp³-hybridized carbons (Fsp3) is 0.0952. The zero-order chi connectivity index (χ0) is 19.5. The molecule has 4 rings (SSSR count). The maximum atomic E-state index is 12.6. The van der Waals surface area contributed by atoms with Gasteiger partial charge in [0.25, 0.3) is 11.8 Å². The average Bonchev–Trinajstić information content (AvgIpc) is 3.38. The molecule has 0 bridgehead atoms. The van der Waals surface area contributed by atoms with E-state index in [1.165, 1.54) is 11.3 Å². The second kappa shape index (κ2) is 7.66. The fourth-order valence-corrected chi connectivity index (χ4v) is 3.44. The van der Waals surface area contributed by atoms with E-state index >= 15 is 0 Å². The quantitative estimate of drug-likeness (QED) is 0.516. The van der Waals surface area contributed by atoms with Crippen molar-refractivity contribution in [1.29, 1.82) is 0 Å². The Morgan fingerprint density at radius 3 is 2.75 bits per heavy atom. The van der Waals surface area contributed by atoms with Crippen LogP contribution in [0.15, 0.2) is 64.5 Å². The Morgan fingerprint density at radius 1 is 1.14 bits per heavy atom. The van der Waals surface area contributed by atoms with Crippen molar-refractivity contribution < 1.29 is 14.1 Å². The molecule has 2 aromatic carbocycles. The van der Waals surface area contributed by atoms with E-state index in [1.807, 2.05) is 42.6 Å². The van der Waals surface area contributed by atoms with Gasteiger partial charge in [0.1, 0.15) is 10.6 Å². The van der Waals surface area contributed by atoms with Gasteiger partial charge in [0.2, 0.25) is 5.82 Å². The normalized spacial score (nSPS) is 10.6. The number of thiophene rings is 1. The highest BCUT2D eigenvalue weighted by Crippen LogP contribution is 2.34. The first-order valence-corrected chi connectivity index (χ1v) is 9.46. The predicted octanol–water partition coefficient (Wildman–Crippen LogP) is 5.03. The van der Waals surface area contributed by atoms with Crippen LogP contribution in [-0.4, -0.2) is 23.2 Å². The van der Waals surface area contributed by atoms with Gasteiger partial charge in [0, 0.05) is 11.1 Å². The highest BCUT2D eigenvalue weighted by molar-refractivity contribution is 7.14. The van der Waals surface area contributed by atoms with Crippen molar-refractivity contribution in [3.05, 3.63) is 71.1 Å². The summed E-state index contributed by atoms with van der Waals surface area (Å²) >= 11 is 1.42. The van der Waals surface area contributed by atoms with Gasteiger partial charge in [0.15, 0.2) is 0 Å². The van der Waals surface area contributed by atoms with E-state index in [0.29, 0.717) is 33.6 Å². The molecule has 0 spiro atoms. The highest BCUT2D eigenvalue weighted by Gasteiger charge is 2.18. The lowest BCUT2D eigenvalue weighted by Crippen LogP contribution is -2.11. The number of hydrogen-bond acceptors (Lipinski definition) is 6. The minimum absolute atomic E-state index is 0.239. The van der Waals surface area contributed by atoms with E-state index in [4.69, 9.17) is 9.26 Å². The minimum Gasteiger partial charge on any atom is -0.497 e. The summed E-state index contributed by atoms with van der Waals surface area (Å²) < 4.78 is 10.6. The van der Waals surface area contributed by atoms with Gasteiger partial charge in [-0.05, 0) is 36.6 Å². The Balaban J connectivity index is 1.57. The molecule has 4 aromatic rings.